The number of hydrogen-bond donors (Lipinski definition) is 0. The van der Waals surface area contributed by atoms with Crippen molar-refractivity contribution in [2.75, 3.05) is 0 Å². The van der Waals surface area contributed by atoms with E-state index in [-0.39, 0.29) is 5.97 Å². The Labute approximate surface area is 211 Å². The van der Waals surface area contributed by atoms with Crippen LogP contribution in [0.4, 0.5) is 0 Å². The van der Waals surface area contributed by atoms with E-state index in [2.05, 4.69) is 25.1 Å². The van der Waals surface area contributed by atoms with Gasteiger partial charge in [0.1, 0.15) is 5.75 Å². The van der Waals surface area contributed by atoms with Gasteiger partial charge in [-0.3, -0.25) is 0 Å². The fourth-order valence-electron chi connectivity index (χ4n) is 6.39. The van der Waals surface area contributed by atoms with E-state index >= 15 is 0 Å². The van der Waals surface area contributed by atoms with Gasteiger partial charge in [0, 0.05) is 0 Å². The molecule has 0 heterocycles. The van der Waals surface area contributed by atoms with E-state index in [0.29, 0.717) is 22.8 Å². The van der Waals surface area contributed by atoms with Gasteiger partial charge in [-0.2, -0.15) is 5.26 Å². The Bertz CT molecular complexity index is 956. The standard InChI is InChI=1S/C32H41NO2/c1-2-3-4-5-6-24-7-11-26(12-8-24)27-13-15-28(16-14-27)29-17-19-30(20-18-29)32(34)35-31-21-9-25(23-33)10-22-31/h9-10,17-22,24,26-28H,2-8,11-16H2,1H3/t24-,26-,27-,28-. The fourth-order valence-corrected chi connectivity index (χ4v) is 6.39. The summed E-state index contributed by atoms with van der Waals surface area (Å²) in [5.74, 6) is 3.61. The molecule has 0 radical (unpaired) electrons. The van der Waals surface area contributed by atoms with Gasteiger partial charge in [-0.05, 0) is 104 Å². The SMILES string of the molecule is CCCCCC[C@H]1CC[C@H]([C@H]2CC[C@H](c3ccc(C(=O)Oc4ccc(C#N)cc4)cc3)CC2)CC1. The average molecular weight is 472 g/mol. The van der Waals surface area contributed by atoms with E-state index in [1.807, 2.05) is 12.1 Å². The molecule has 2 aromatic carbocycles. The van der Waals surface area contributed by atoms with E-state index in [4.69, 9.17) is 10.00 Å². The molecule has 0 aromatic heterocycles. The lowest BCUT2D eigenvalue weighted by atomic mass is 9.68. The van der Waals surface area contributed by atoms with Crippen LogP contribution in [0, 0.1) is 29.1 Å². The summed E-state index contributed by atoms with van der Waals surface area (Å²) in [7, 11) is 0. The highest BCUT2D eigenvalue weighted by Gasteiger charge is 2.31. The largest absolute Gasteiger partial charge is 0.423 e. The van der Waals surface area contributed by atoms with Crippen LogP contribution >= 0.6 is 0 Å². The Kier molecular flexibility index (Phi) is 9.41. The number of nitrogens with zero attached hydrogens (tertiary/aromatic N) is 1. The summed E-state index contributed by atoms with van der Waals surface area (Å²) >= 11 is 0. The number of hydrogen-bond acceptors (Lipinski definition) is 3. The molecule has 0 N–H and O–H groups in total. The Morgan fingerprint density at radius 1 is 0.829 bits per heavy atom. The van der Waals surface area contributed by atoms with Gasteiger partial charge in [0.25, 0.3) is 0 Å². The number of carbonyl (C=O) groups is 1. The molecule has 0 saturated heterocycles. The Morgan fingerprint density at radius 3 is 2.06 bits per heavy atom. The van der Waals surface area contributed by atoms with Gasteiger partial charge < -0.3 is 4.74 Å². The minimum absolute atomic E-state index is 0.356. The van der Waals surface area contributed by atoms with Crippen molar-refractivity contribution in [3.8, 4) is 11.8 Å². The second-order valence-corrected chi connectivity index (χ2v) is 10.9. The molecule has 3 heteroatoms. The molecule has 2 saturated carbocycles. The topological polar surface area (TPSA) is 50.1 Å². The predicted molar refractivity (Wildman–Crippen MR) is 141 cm³/mol. The van der Waals surface area contributed by atoms with Crippen LogP contribution in [0.3, 0.4) is 0 Å². The van der Waals surface area contributed by atoms with Gasteiger partial charge in [-0.1, -0.05) is 64.0 Å². The van der Waals surface area contributed by atoms with Crippen molar-refractivity contribution in [1.29, 1.82) is 5.26 Å². The molecule has 2 aliphatic rings. The smallest absolute Gasteiger partial charge is 0.343 e. The van der Waals surface area contributed by atoms with Crippen LogP contribution in [0.1, 0.15) is 118 Å². The third-order valence-corrected chi connectivity index (χ3v) is 8.61. The number of unbranched alkanes of at least 4 members (excludes halogenated alkanes) is 3. The van der Waals surface area contributed by atoms with Gasteiger partial charge >= 0.3 is 5.97 Å². The van der Waals surface area contributed by atoms with Crippen LogP contribution in [0.5, 0.6) is 5.75 Å². The Balaban J connectivity index is 1.20. The number of carbonyl (C=O) groups excluding carboxylic acids is 1. The lowest BCUT2D eigenvalue weighted by Gasteiger charge is -2.38. The van der Waals surface area contributed by atoms with Gasteiger partial charge in [0.15, 0.2) is 0 Å². The van der Waals surface area contributed by atoms with Crippen LogP contribution in [-0.2, 0) is 0 Å². The maximum absolute atomic E-state index is 12.5. The normalized spacial score (nSPS) is 24.5. The molecular weight excluding hydrogens is 430 g/mol. The summed E-state index contributed by atoms with van der Waals surface area (Å²) in [4.78, 5) is 12.5. The second kappa shape index (κ2) is 12.9. The maximum Gasteiger partial charge on any atom is 0.343 e. The molecule has 35 heavy (non-hydrogen) atoms. The van der Waals surface area contributed by atoms with Crippen molar-refractivity contribution in [3.63, 3.8) is 0 Å². The Morgan fingerprint density at radius 2 is 1.46 bits per heavy atom. The molecule has 0 spiro atoms. The van der Waals surface area contributed by atoms with Gasteiger partial charge in [-0.15, -0.1) is 0 Å². The fraction of sp³-hybridized carbons (Fsp3) is 0.562. The summed E-state index contributed by atoms with van der Waals surface area (Å²) < 4.78 is 5.46. The van der Waals surface area contributed by atoms with Crippen molar-refractivity contribution in [2.24, 2.45) is 17.8 Å². The van der Waals surface area contributed by atoms with Gasteiger partial charge in [0.2, 0.25) is 0 Å². The lowest BCUT2D eigenvalue weighted by molar-refractivity contribution is 0.0734. The minimum Gasteiger partial charge on any atom is -0.423 e. The molecule has 2 aromatic rings. The zero-order valence-electron chi connectivity index (χ0n) is 21.4. The highest BCUT2D eigenvalue weighted by molar-refractivity contribution is 5.91. The van der Waals surface area contributed by atoms with E-state index in [0.717, 1.165) is 17.8 Å². The molecule has 0 amide bonds. The zero-order valence-corrected chi connectivity index (χ0v) is 21.4. The van der Waals surface area contributed by atoms with E-state index < -0.39 is 0 Å². The minimum atomic E-state index is -0.356. The molecule has 186 valence electrons. The summed E-state index contributed by atoms with van der Waals surface area (Å²) in [6, 6.07) is 16.7. The molecular formula is C32H41NO2. The van der Waals surface area contributed by atoms with Crippen molar-refractivity contribution in [3.05, 3.63) is 65.2 Å². The average Bonchev–Trinajstić information content (AvgIpc) is 2.92. The third kappa shape index (κ3) is 7.20. The monoisotopic (exact) mass is 471 g/mol. The molecule has 2 aliphatic carbocycles. The van der Waals surface area contributed by atoms with E-state index in [1.165, 1.54) is 89.0 Å². The second-order valence-electron chi connectivity index (χ2n) is 10.9. The first kappa shape index (κ1) is 25.5. The van der Waals surface area contributed by atoms with Gasteiger partial charge in [0.05, 0.1) is 17.2 Å². The first-order valence-electron chi connectivity index (χ1n) is 14.0. The molecule has 3 nitrogen and oxygen atoms in total. The first-order chi connectivity index (χ1) is 17.2. The van der Waals surface area contributed by atoms with Crippen LogP contribution in [0.15, 0.2) is 48.5 Å². The zero-order chi connectivity index (χ0) is 24.5. The van der Waals surface area contributed by atoms with Crippen molar-refractivity contribution >= 4 is 5.97 Å². The van der Waals surface area contributed by atoms with Crippen LogP contribution in [0.2, 0.25) is 0 Å². The van der Waals surface area contributed by atoms with Gasteiger partial charge in [-0.25, -0.2) is 4.79 Å². The Hall–Kier alpha value is -2.60. The number of ether oxygens (including phenoxy) is 1. The molecule has 2 fully saturated rings. The highest BCUT2D eigenvalue weighted by Crippen LogP contribution is 2.44. The summed E-state index contributed by atoms with van der Waals surface area (Å²) in [6.07, 6.45) is 18.2. The predicted octanol–water partition coefficient (Wildman–Crippen LogP) is 8.83. The van der Waals surface area contributed by atoms with Crippen LogP contribution < -0.4 is 4.74 Å². The highest BCUT2D eigenvalue weighted by atomic mass is 16.5. The number of esters is 1. The molecule has 4 rings (SSSR count). The first-order valence-corrected chi connectivity index (χ1v) is 14.0. The number of benzene rings is 2. The number of rotatable bonds is 9. The maximum atomic E-state index is 12.5. The van der Waals surface area contributed by atoms with Crippen LogP contribution in [0.25, 0.3) is 0 Å². The van der Waals surface area contributed by atoms with Crippen LogP contribution in [-0.4, -0.2) is 5.97 Å². The lowest BCUT2D eigenvalue weighted by Crippen LogP contribution is -2.25. The number of nitriles is 1. The molecule has 0 bridgehead atoms. The molecule has 0 aliphatic heterocycles. The van der Waals surface area contributed by atoms with E-state index in [9.17, 15) is 4.79 Å². The van der Waals surface area contributed by atoms with E-state index in [1.54, 1.807) is 24.3 Å². The quantitative estimate of drug-likeness (QED) is 0.208. The van der Waals surface area contributed by atoms with Crippen molar-refractivity contribution in [2.45, 2.75) is 96.3 Å². The summed E-state index contributed by atoms with van der Waals surface area (Å²) in [5, 5.41) is 8.89. The third-order valence-electron chi connectivity index (χ3n) is 8.61. The van der Waals surface area contributed by atoms with Crippen molar-refractivity contribution < 1.29 is 9.53 Å². The molecule has 0 unspecified atom stereocenters. The summed E-state index contributed by atoms with van der Waals surface area (Å²) in [6.45, 7) is 2.30. The van der Waals surface area contributed by atoms with Crippen molar-refractivity contribution in [1.82, 2.24) is 0 Å². The summed E-state index contributed by atoms with van der Waals surface area (Å²) in [5.41, 5.74) is 2.47. The molecule has 0 atom stereocenters.